The molecule has 0 radical (unpaired) electrons. The maximum absolute atomic E-state index is 3.19. The Morgan fingerprint density at radius 3 is 3.11 bits per heavy atom. The van der Waals surface area contributed by atoms with Crippen molar-refractivity contribution in [2.75, 3.05) is 25.1 Å². The van der Waals surface area contributed by atoms with E-state index < -0.39 is 0 Å². The summed E-state index contributed by atoms with van der Waals surface area (Å²) in [4.78, 5) is 0. The minimum absolute atomic E-state index is 1.02. The van der Waals surface area contributed by atoms with Crippen molar-refractivity contribution < 1.29 is 0 Å². The molecule has 9 heavy (non-hydrogen) atoms. The molecule has 0 amide bonds. The van der Waals surface area contributed by atoms with E-state index in [0.29, 0.717) is 0 Å². The van der Waals surface area contributed by atoms with E-state index in [-0.39, 0.29) is 0 Å². The zero-order chi connectivity index (χ0) is 6.53. The lowest BCUT2D eigenvalue weighted by Crippen LogP contribution is -2.12. The maximum atomic E-state index is 3.19. The van der Waals surface area contributed by atoms with Gasteiger partial charge < -0.3 is 5.32 Å². The first kappa shape index (κ1) is 7.42. The summed E-state index contributed by atoms with van der Waals surface area (Å²) >= 11 is 2.10. The molecule has 0 saturated carbocycles. The predicted molar refractivity (Wildman–Crippen MR) is 44.0 cm³/mol. The molecule has 1 aliphatic rings. The van der Waals surface area contributed by atoms with Gasteiger partial charge in [0, 0.05) is 0 Å². The Morgan fingerprint density at radius 2 is 2.56 bits per heavy atom. The summed E-state index contributed by atoms with van der Waals surface area (Å²) in [6, 6.07) is 0. The summed E-state index contributed by atoms with van der Waals surface area (Å²) in [5.41, 5.74) is 0. The van der Waals surface area contributed by atoms with Crippen molar-refractivity contribution >= 4 is 11.8 Å². The molecule has 1 heterocycles. The van der Waals surface area contributed by atoms with Gasteiger partial charge in [-0.25, -0.2) is 0 Å². The molecule has 0 aromatic heterocycles. The lowest BCUT2D eigenvalue weighted by Gasteiger charge is -2.05. The fourth-order valence-electron chi connectivity index (χ4n) is 1.16. The van der Waals surface area contributed by atoms with E-state index in [1.165, 1.54) is 30.9 Å². The van der Waals surface area contributed by atoms with E-state index in [1.54, 1.807) is 0 Å². The SMILES string of the molecule is CNCCC1CCSC1. The highest BCUT2D eigenvalue weighted by Gasteiger charge is 2.13. The van der Waals surface area contributed by atoms with E-state index in [2.05, 4.69) is 17.1 Å². The second kappa shape index (κ2) is 4.18. The Kier molecular flexibility index (Phi) is 3.44. The van der Waals surface area contributed by atoms with Crippen LogP contribution in [0.4, 0.5) is 0 Å². The molecule has 1 fully saturated rings. The van der Waals surface area contributed by atoms with Crippen molar-refractivity contribution in [2.45, 2.75) is 12.8 Å². The van der Waals surface area contributed by atoms with Gasteiger partial charge in [-0.05, 0) is 43.9 Å². The topological polar surface area (TPSA) is 12.0 Å². The number of hydrogen-bond donors (Lipinski definition) is 1. The van der Waals surface area contributed by atoms with Crippen LogP contribution >= 0.6 is 11.8 Å². The normalized spacial score (nSPS) is 27.0. The number of rotatable bonds is 3. The maximum Gasteiger partial charge on any atom is -0.00384 e. The van der Waals surface area contributed by atoms with E-state index in [0.717, 1.165) is 5.92 Å². The molecule has 0 bridgehead atoms. The number of nitrogens with one attached hydrogen (secondary N) is 1. The van der Waals surface area contributed by atoms with Crippen molar-refractivity contribution in [1.82, 2.24) is 5.32 Å². The highest BCUT2D eigenvalue weighted by molar-refractivity contribution is 7.99. The Bertz CT molecular complexity index is 69.3. The first-order valence-electron chi connectivity index (χ1n) is 3.66. The van der Waals surface area contributed by atoms with Gasteiger partial charge in [0.05, 0.1) is 0 Å². The second-order valence-electron chi connectivity index (χ2n) is 2.62. The van der Waals surface area contributed by atoms with Crippen LogP contribution in [0.3, 0.4) is 0 Å². The van der Waals surface area contributed by atoms with Crippen LogP contribution in [-0.2, 0) is 0 Å². The molecule has 0 aliphatic carbocycles. The zero-order valence-electron chi connectivity index (χ0n) is 6.02. The summed E-state index contributed by atoms with van der Waals surface area (Å²) in [5, 5.41) is 3.19. The minimum Gasteiger partial charge on any atom is -0.320 e. The number of hydrogen-bond acceptors (Lipinski definition) is 2. The average Bonchev–Trinajstić information content (AvgIpc) is 2.34. The van der Waals surface area contributed by atoms with E-state index in [9.17, 15) is 0 Å². The molecule has 1 atom stereocenters. The monoisotopic (exact) mass is 145 g/mol. The van der Waals surface area contributed by atoms with Crippen LogP contribution in [0.1, 0.15) is 12.8 Å². The quantitative estimate of drug-likeness (QED) is 0.643. The van der Waals surface area contributed by atoms with Gasteiger partial charge in [-0.3, -0.25) is 0 Å². The largest absolute Gasteiger partial charge is 0.320 e. The van der Waals surface area contributed by atoms with Crippen LogP contribution in [0.15, 0.2) is 0 Å². The van der Waals surface area contributed by atoms with Crippen molar-refractivity contribution in [3.8, 4) is 0 Å². The molecular weight excluding hydrogens is 130 g/mol. The van der Waals surface area contributed by atoms with Crippen molar-refractivity contribution in [3.63, 3.8) is 0 Å². The molecule has 0 spiro atoms. The molecule has 0 aromatic rings. The summed E-state index contributed by atoms with van der Waals surface area (Å²) < 4.78 is 0. The van der Waals surface area contributed by atoms with Crippen LogP contribution in [0.25, 0.3) is 0 Å². The molecule has 1 rings (SSSR count). The Hall–Kier alpha value is 0.310. The molecule has 0 aromatic carbocycles. The molecule has 2 heteroatoms. The Labute approximate surface area is 61.6 Å². The van der Waals surface area contributed by atoms with Crippen LogP contribution in [0.5, 0.6) is 0 Å². The third-order valence-corrected chi connectivity index (χ3v) is 3.06. The van der Waals surface area contributed by atoms with Gasteiger partial charge in [-0.2, -0.15) is 11.8 Å². The highest BCUT2D eigenvalue weighted by Crippen LogP contribution is 2.25. The second-order valence-corrected chi connectivity index (χ2v) is 3.77. The van der Waals surface area contributed by atoms with E-state index in [1.807, 2.05) is 7.05 Å². The predicted octanol–water partition coefficient (Wildman–Crippen LogP) is 1.35. The highest BCUT2D eigenvalue weighted by atomic mass is 32.2. The average molecular weight is 145 g/mol. The van der Waals surface area contributed by atoms with Crippen molar-refractivity contribution in [1.29, 1.82) is 0 Å². The van der Waals surface area contributed by atoms with Crippen LogP contribution < -0.4 is 5.32 Å². The summed E-state index contributed by atoms with van der Waals surface area (Å²) in [7, 11) is 2.03. The van der Waals surface area contributed by atoms with Gasteiger partial charge >= 0.3 is 0 Å². The van der Waals surface area contributed by atoms with Gasteiger partial charge in [0.1, 0.15) is 0 Å². The molecule has 1 N–H and O–H groups in total. The summed E-state index contributed by atoms with van der Waals surface area (Å²) in [5.74, 6) is 3.82. The summed E-state index contributed by atoms with van der Waals surface area (Å²) in [6.45, 7) is 1.20. The first-order valence-corrected chi connectivity index (χ1v) is 4.81. The van der Waals surface area contributed by atoms with Gasteiger partial charge in [-0.15, -0.1) is 0 Å². The van der Waals surface area contributed by atoms with Crippen molar-refractivity contribution in [3.05, 3.63) is 0 Å². The lowest BCUT2D eigenvalue weighted by atomic mass is 10.1. The third kappa shape index (κ3) is 2.59. The van der Waals surface area contributed by atoms with Gasteiger partial charge in [-0.1, -0.05) is 0 Å². The molecule has 1 saturated heterocycles. The van der Waals surface area contributed by atoms with Crippen molar-refractivity contribution in [2.24, 2.45) is 5.92 Å². The molecule has 1 nitrogen and oxygen atoms in total. The van der Waals surface area contributed by atoms with Crippen LogP contribution in [-0.4, -0.2) is 25.1 Å². The fraction of sp³-hybridized carbons (Fsp3) is 1.00. The smallest absolute Gasteiger partial charge is 0.00384 e. The van der Waals surface area contributed by atoms with Gasteiger partial charge in [0.15, 0.2) is 0 Å². The minimum atomic E-state index is 1.02. The zero-order valence-corrected chi connectivity index (χ0v) is 6.84. The Balaban J connectivity index is 1.98. The fourth-order valence-corrected chi connectivity index (χ4v) is 2.49. The molecular formula is C7H15NS. The lowest BCUT2D eigenvalue weighted by molar-refractivity contribution is 0.529. The Morgan fingerprint density at radius 1 is 1.67 bits per heavy atom. The molecule has 1 aliphatic heterocycles. The van der Waals surface area contributed by atoms with E-state index >= 15 is 0 Å². The van der Waals surface area contributed by atoms with Crippen LogP contribution in [0.2, 0.25) is 0 Å². The molecule has 1 unspecified atom stereocenters. The van der Waals surface area contributed by atoms with Gasteiger partial charge in [0.25, 0.3) is 0 Å². The molecule has 54 valence electrons. The number of thioether (sulfide) groups is 1. The van der Waals surface area contributed by atoms with E-state index in [4.69, 9.17) is 0 Å². The van der Waals surface area contributed by atoms with Crippen LogP contribution in [0, 0.1) is 5.92 Å². The van der Waals surface area contributed by atoms with Gasteiger partial charge in [0.2, 0.25) is 0 Å². The standard InChI is InChI=1S/C7H15NS/c1-8-4-2-7-3-5-9-6-7/h7-8H,2-6H2,1H3. The third-order valence-electron chi connectivity index (χ3n) is 1.83. The summed E-state index contributed by atoms with van der Waals surface area (Å²) in [6.07, 6.45) is 2.83. The first-order chi connectivity index (χ1) is 4.43.